The summed E-state index contributed by atoms with van der Waals surface area (Å²) in [6.07, 6.45) is 5.45. The number of ether oxygens (including phenoxy) is 2. The molecule has 0 spiro atoms. The van der Waals surface area contributed by atoms with Crippen molar-refractivity contribution in [2.24, 2.45) is 9.98 Å². The van der Waals surface area contributed by atoms with E-state index in [4.69, 9.17) is 9.47 Å². The van der Waals surface area contributed by atoms with E-state index >= 15 is 0 Å². The number of hydrogen-bond donors (Lipinski definition) is 0. The van der Waals surface area contributed by atoms with Gasteiger partial charge in [0, 0.05) is 30.5 Å². The van der Waals surface area contributed by atoms with E-state index in [1.165, 1.54) is 0 Å². The summed E-state index contributed by atoms with van der Waals surface area (Å²) in [4.78, 5) is 13.0. The number of aromatic nitrogens is 1. The molecule has 0 fully saturated rings. The van der Waals surface area contributed by atoms with Crippen LogP contribution in [0.25, 0.3) is 11.1 Å². The fourth-order valence-electron chi connectivity index (χ4n) is 3.02. The first-order chi connectivity index (χ1) is 14.4. The van der Waals surface area contributed by atoms with Gasteiger partial charge in [-0.25, -0.2) is 4.99 Å². The monoisotopic (exact) mass is 385 g/mol. The van der Waals surface area contributed by atoms with Crippen LogP contribution in [0.5, 0.6) is 11.5 Å². The van der Waals surface area contributed by atoms with Gasteiger partial charge in [-0.1, -0.05) is 42.5 Å². The topological polar surface area (TPSA) is 56.1 Å². The fourth-order valence-corrected chi connectivity index (χ4v) is 3.02. The third-order valence-electron chi connectivity index (χ3n) is 4.53. The van der Waals surface area contributed by atoms with Crippen molar-refractivity contribution >= 4 is 12.1 Å². The van der Waals surface area contributed by atoms with Crippen molar-refractivity contribution in [3.63, 3.8) is 0 Å². The Balaban J connectivity index is 1.26. The van der Waals surface area contributed by atoms with E-state index in [0.717, 1.165) is 47.0 Å². The van der Waals surface area contributed by atoms with Crippen LogP contribution in [0.15, 0.2) is 82.9 Å². The summed E-state index contributed by atoms with van der Waals surface area (Å²) >= 11 is 0. The van der Waals surface area contributed by atoms with Crippen LogP contribution < -0.4 is 9.47 Å². The highest BCUT2D eigenvalue weighted by Gasteiger charge is 2.04. The minimum atomic E-state index is 0.413. The Morgan fingerprint density at radius 2 is 1.69 bits per heavy atom. The van der Waals surface area contributed by atoms with E-state index in [-0.39, 0.29) is 0 Å². The number of amidine groups is 1. The van der Waals surface area contributed by atoms with Crippen LogP contribution in [0.2, 0.25) is 0 Å². The molecule has 0 atom stereocenters. The highest BCUT2D eigenvalue weighted by atomic mass is 16.5. The molecule has 4 rings (SSSR count). The fraction of sp³-hybridized carbons (Fsp3) is 0.208. The molecule has 2 aromatic carbocycles. The van der Waals surface area contributed by atoms with Crippen molar-refractivity contribution in [2.75, 3.05) is 13.2 Å². The van der Waals surface area contributed by atoms with Crippen molar-refractivity contribution < 1.29 is 9.47 Å². The smallest absolute Gasteiger partial charge is 0.130 e. The molecule has 0 amide bonds. The van der Waals surface area contributed by atoms with Crippen LogP contribution in [0.1, 0.15) is 18.5 Å². The largest absolute Gasteiger partial charge is 0.493 e. The van der Waals surface area contributed by atoms with Gasteiger partial charge in [-0.3, -0.25) is 9.98 Å². The second kappa shape index (κ2) is 9.64. The van der Waals surface area contributed by atoms with Crippen molar-refractivity contribution in [1.82, 2.24) is 4.98 Å². The Morgan fingerprint density at radius 3 is 2.45 bits per heavy atom. The van der Waals surface area contributed by atoms with Gasteiger partial charge in [-0.2, -0.15) is 0 Å². The van der Waals surface area contributed by atoms with Gasteiger partial charge in [0.15, 0.2) is 0 Å². The number of nitrogens with zero attached hydrogens (tertiary/aromatic N) is 3. The minimum absolute atomic E-state index is 0.413. The highest BCUT2D eigenvalue weighted by molar-refractivity contribution is 5.94. The maximum Gasteiger partial charge on any atom is 0.130 e. The quantitative estimate of drug-likeness (QED) is 0.489. The molecule has 0 aliphatic carbocycles. The summed E-state index contributed by atoms with van der Waals surface area (Å²) in [5.74, 6) is 2.48. The van der Waals surface area contributed by atoms with E-state index in [9.17, 15) is 0 Å². The summed E-state index contributed by atoms with van der Waals surface area (Å²) < 4.78 is 11.7. The number of rotatable bonds is 9. The molecule has 0 saturated carbocycles. The van der Waals surface area contributed by atoms with E-state index in [1.54, 1.807) is 0 Å². The van der Waals surface area contributed by atoms with Crippen molar-refractivity contribution in [3.05, 3.63) is 78.6 Å². The molecular formula is C24H23N3O2. The zero-order valence-electron chi connectivity index (χ0n) is 16.2. The summed E-state index contributed by atoms with van der Waals surface area (Å²) in [6, 6.07) is 22.0. The van der Waals surface area contributed by atoms with Crippen molar-refractivity contribution in [2.45, 2.75) is 19.4 Å². The second-order valence-corrected chi connectivity index (χ2v) is 6.69. The Bertz CT molecular complexity index is 983. The zero-order chi connectivity index (χ0) is 19.7. The predicted molar refractivity (Wildman–Crippen MR) is 116 cm³/mol. The molecule has 5 nitrogen and oxygen atoms in total. The lowest BCUT2D eigenvalue weighted by atomic mass is 10.1. The van der Waals surface area contributed by atoms with Gasteiger partial charge < -0.3 is 9.47 Å². The maximum absolute atomic E-state index is 5.89. The van der Waals surface area contributed by atoms with E-state index < -0.39 is 0 Å². The van der Waals surface area contributed by atoms with Crippen molar-refractivity contribution in [1.29, 1.82) is 0 Å². The van der Waals surface area contributed by atoms with Crippen LogP contribution in [0.3, 0.4) is 0 Å². The van der Waals surface area contributed by atoms with Gasteiger partial charge in [0.1, 0.15) is 23.9 Å². The third-order valence-corrected chi connectivity index (χ3v) is 4.53. The molecule has 2 heterocycles. The lowest BCUT2D eigenvalue weighted by molar-refractivity contribution is 0.290. The number of aliphatic imine (C=N–C) groups is 2. The van der Waals surface area contributed by atoms with Crippen LogP contribution in [-0.4, -0.2) is 30.2 Å². The van der Waals surface area contributed by atoms with Crippen LogP contribution in [-0.2, 0) is 6.61 Å². The molecule has 1 aliphatic rings. The van der Waals surface area contributed by atoms with E-state index in [1.807, 2.05) is 60.9 Å². The van der Waals surface area contributed by atoms with Crippen LogP contribution in [0, 0.1) is 0 Å². The Hall–Kier alpha value is -3.47. The Morgan fingerprint density at radius 1 is 0.828 bits per heavy atom. The first-order valence-electron chi connectivity index (χ1n) is 9.79. The second-order valence-electron chi connectivity index (χ2n) is 6.69. The van der Waals surface area contributed by atoms with Gasteiger partial charge in [-0.15, -0.1) is 0 Å². The van der Waals surface area contributed by atoms with E-state index in [2.05, 4.69) is 33.2 Å². The first-order valence-corrected chi connectivity index (χ1v) is 9.79. The SMILES string of the molecule is C1=NC(CCCOc2cccc(OCc3ccc(-c4ccccc4)cn3)c2)=NC1. The first kappa shape index (κ1) is 18.9. The normalized spacial score (nSPS) is 12.6. The Labute approximate surface area is 170 Å². The molecule has 29 heavy (non-hydrogen) atoms. The summed E-state index contributed by atoms with van der Waals surface area (Å²) in [5, 5.41) is 0. The summed E-state index contributed by atoms with van der Waals surface area (Å²) in [6.45, 7) is 1.75. The minimum Gasteiger partial charge on any atom is -0.493 e. The van der Waals surface area contributed by atoms with E-state index in [0.29, 0.717) is 19.8 Å². The average Bonchev–Trinajstić information content (AvgIpc) is 3.30. The average molecular weight is 385 g/mol. The van der Waals surface area contributed by atoms with Crippen LogP contribution >= 0.6 is 0 Å². The molecule has 5 heteroatoms. The van der Waals surface area contributed by atoms with Crippen molar-refractivity contribution in [3.8, 4) is 22.6 Å². The number of hydrogen-bond acceptors (Lipinski definition) is 5. The van der Waals surface area contributed by atoms with Gasteiger partial charge in [0.05, 0.1) is 18.8 Å². The maximum atomic E-state index is 5.89. The molecule has 1 aliphatic heterocycles. The predicted octanol–water partition coefficient (Wildman–Crippen LogP) is 4.97. The number of benzene rings is 2. The van der Waals surface area contributed by atoms with Crippen LogP contribution in [0.4, 0.5) is 0 Å². The van der Waals surface area contributed by atoms with Gasteiger partial charge in [0.25, 0.3) is 0 Å². The molecular weight excluding hydrogens is 362 g/mol. The summed E-state index contributed by atoms with van der Waals surface area (Å²) in [7, 11) is 0. The molecule has 0 unspecified atom stereocenters. The third kappa shape index (κ3) is 5.51. The molecule has 0 N–H and O–H groups in total. The van der Waals surface area contributed by atoms with Gasteiger partial charge >= 0.3 is 0 Å². The Kier molecular flexibility index (Phi) is 6.28. The lowest BCUT2D eigenvalue weighted by Gasteiger charge is -2.10. The molecule has 0 radical (unpaired) electrons. The molecule has 146 valence electrons. The molecule has 0 bridgehead atoms. The van der Waals surface area contributed by atoms with Gasteiger partial charge in [-0.05, 0) is 30.2 Å². The zero-order valence-corrected chi connectivity index (χ0v) is 16.2. The molecule has 3 aromatic rings. The summed E-state index contributed by atoms with van der Waals surface area (Å²) in [5.41, 5.74) is 3.14. The highest BCUT2D eigenvalue weighted by Crippen LogP contribution is 2.22. The number of pyridine rings is 1. The standard InChI is InChI=1S/C24H23N3O2/c1-2-6-19(7-3-1)20-11-12-21(27-17-20)18-29-23-9-4-8-22(16-23)28-15-5-10-24-25-13-14-26-24/h1-4,6-9,11-13,16-17H,5,10,14-15,18H2. The lowest BCUT2D eigenvalue weighted by Crippen LogP contribution is -2.01. The molecule has 0 saturated heterocycles. The molecule has 1 aromatic heterocycles. The van der Waals surface area contributed by atoms with Gasteiger partial charge in [0.2, 0.25) is 0 Å².